The fourth-order valence-corrected chi connectivity index (χ4v) is 4.76. The highest BCUT2D eigenvalue weighted by Gasteiger charge is 2.18. The van der Waals surface area contributed by atoms with Gasteiger partial charge < -0.3 is 30.2 Å². The summed E-state index contributed by atoms with van der Waals surface area (Å²) >= 11 is 1.26. The van der Waals surface area contributed by atoms with Crippen LogP contribution in [-0.4, -0.2) is 44.8 Å². The predicted octanol–water partition coefficient (Wildman–Crippen LogP) is 5.99. The Morgan fingerprint density at radius 3 is 2.11 bits per heavy atom. The Labute approximate surface area is 258 Å². The molecule has 226 valence electrons. The van der Waals surface area contributed by atoms with Crippen LogP contribution in [0, 0.1) is 5.82 Å². The number of thioether (sulfide) groups is 1. The van der Waals surface area contributed by atoms with Crippen molar-refractivity contribution in [3.63, 3.8) is 0 Å². The third-order valence-corrected chi connectivity index (χ3v) is 7.15. The van der Waals surface area contributed by atoms with E-state index in [9.17, 15) is 18.8 Å². The molecule has 3 N–H and O–H groups in total. The average molecular weight is 616 g/mol. The molecular weight excluding hydrogens is 585 g/mol. The lowest BCUT2D eigenvalue weighted by molar-refractivity contribution is -0.114. The maximum absolute atomic E-state index is 13.6. The van der Waals surface area contributed by atoms with Crippen molar-refractivity contribution in [1.29, 1.82) is 0 Å². The van der Waals surface area contributed by atoms with E-state index in [-0.39, 0.29) is 17.4 Å². The normalized spacial score (nSPS) is 10.9. The Hall–Kier alpha value is -5.29. The molecule has 0 heterocycles. The van der Waals surface area contributed by atoms with Crippen molar-refractivity contribution in [3.05, 3.63) is 114 Å². The van der Waals surface area contributed by atoms with Crippen molar-refractivity contribution >= 4 is 46.9 Å². The standard InChI is InChI=1S/C33H30FN3O6S/c1-41-28-19-30(43-3)29(42-2)17-22(28)16-27(37-32(39)21-8-5-4-6-9-21)33(40)36-25-10-7-11-26(18-25)44-20-31(38)35-24-14-12-23(34)13-15-24/h4-19H,20H2,1-3H3,(H,35,38)(H,36,40)(H,37,39)/b27-16+. The summed E-state index contributed by atoms with van der Waals surface area (Å²) in [6.07, 6.45) is 1.48. The molecule has 11 heteroatoms. The largest absolute Gasteiger partial charge is 0.496 e. The van der Waals surface area contributed by atoms with Gasteiger partial charge in [-0.1, -0.05) is 24.3 Å². The molecule has 0 fully saturated rings. The summed E-state index contributed by atoms with van der Waals surface area (Å²) in [5.41, 5.74) is 1.70. The second-order valence-corrected chi connectivity index (χ2v) is 10.2. The minimum atomic E-state index is -0.595. The maximum Gasteiger partial charge on any atom is 0.272 e. The van der Waals surface area contributed by atoms with Crippen LogP contribution in [0.1, 0.15) is 15.9 Å². The number of benzene rings is 4. The van der Waals surface area contributed by atoms with Crippen molar-refractivity contribution in [2.45, 2.75) is 4.90 Å². The average Bonchev–Trinajstić information content (AvgIpc) is 3.04. The third kappa shape index (κ3) is 8.62. The fraction of sp³-hybridized carbons (Fsp3) is 0.121. The second-order valence-electron chi connectivity index (χ2n) is 9.15. The SMILES string of the molecule is COc1cc(OC)c(OC)cc1/C=C(/NC(=O)c1ccccc1)C(=O)Nc1cccc(SCC(=O)Nc2ccc(F)cc2)c1. The zero-order valence-corrected chi connectivity index (χ0v) is 25.0. The third-order valence-electron chi connectivity index (χ3n) is 6.15. The summed E-state index contributed by atoms with van der Waals surface area (Å²) in [5.74, 6) is -0.426. The van der Waals surface area contributed by atoms with Crippen molar-refractivity contribution in [2.75, 3.05) is 37.7 Å². The predicted molar refractivity (Wildman–Crippen MR) is 169 cm³/mol. The quantitative estimate of drug-likeness (QED) is 0.132. The fourth-order valence-electron chi connectivity index (χ4n) is 4.00. The number of ether oxygens (including phenoxy) is 3. The number of amides is 3. The first-order valence-corrected chi connectivity index (χ1v) is 14.3. The van der Waals surface area contributed by atoms with Crippen LogP contribution < -0.4 is 30.2 Å². The van der Waals surface area contributed by atoms with Crippen molar-refractivity contribution in [3.8, 4) is 17.2 Å². The second kappa shape index (κ2) is 15.3. The molecular formula is C33H30FN3O6S. The van der Waals surface area contributed by atoms with Gasteiger partial charge in [-0.15, -0.1) is 11.8 Å². The van der Waals surface area contributed by atoms with Crippen LogP contribution >= 0.6 is 11.8 Å². The van der Waals surface area contributed by atoms with Gasteiger partial charge >= 0.3 is 0 Å². The number of carbonyl (C=O) groups is 3. The summed E-state index contributed by atoms with van der Waals surface area (Å²) in [6.45, 7) is 0. The number of methoxy groups -OCH3 is 3. The molecule has 0 bridgehead atoms. The Balaban J connectivity index is 1.55. The highest BCUT2D eigenvalue weighted by Crippen LogP contribution is 2.35. The molecule has 4 rings (SSSR count). The van der Waals surface area contributed by atoms with Crippen LogP contribution in [-0.2, 0) is 9.59 Å². The van der Waals surface area contributed by atoms with Crippen LogP contribution in [0.3, 0.4) is 0 Å². The molecule has 9 nitrogen and oxygen atoms in total. The molecule has 0 aromatic heterocycles. The van der Waals surface area contributed by atoms with E-state index in [2.05, 4.69) is 16.0 Å². The first-order valence-electron chi connectivity index (χ1n) is 13.3. The number of carbonyl (C=O) groups excluding carboxylic acids is 3. The number of hydrogen-bond acceptors (Lipinski definition) is 7. The molecule has 0 saturated heterocycles. The summed E-state index contributed by atoms with van der Waals surface area (Å²) in [4.78, 5) is 39.7. The summed E-state index contributed by atoms with van der Waals surface area (Å²) < 4.78 is 29.4. The van der Waals surface area contributed by atoms with E-state index in [0.717, 1.165) is 4.90 Å². The van der Waals surface area contributed by atoms with Gasteiger partial charge in [0.1, 0.15) is 17.3 Å². The minimum Gasteiger partial charge on any atom is -0.496 e. The molecule has 3 amide bonds. The van der Waals surface area contributed by atoms with Gasteiger partial charge in [-0.25, -0.2) is 4.39 Å². The van der Waals surface area contributed by atoms with Crippen LogP contribution in [0.25, 0.3) is 6.08 Å². The lowest BCUT2D eigenvalue weighted by Crippen LogP contribution is -2.30. The van der Waals surface area contributed by atoms with E-state index in [1.165, 1.54) is 63.4 Å². The highest BCUT2D eigenvalue weighted by atomic mass is 32.2. The molecule has 0 saturated carbocycles. The monoisotopic (exact) mass is 615 g/mol. The summed E-state index contributed by atoms with van der Waals surface area (Å²) in [7, 11) is 4.46. The van der Waals surface area contributed by atoms with Crippen molar-refractivity contribution < 1.29 is 33.0 Å². The van der Waals surface area contributed by atoms with E-state index in [1.54, 1.807) is 66.7 Å². The number of halogens is 1. The zero-order chi connectivity index (χ0) is 31.5. The maximum atomic E-state index is 13.6. The van der Waals surface area contributed by atoms with E-state index >= 15 is 0 Å². The summed E-state index contributed by atoms with van der Waals surface area (Å²) in [6, 6.07) is 24.2. The van der Waals surface area contributed by atoms with Crippen LogP contribution in [0.15, 0.2) is 102 Å². The molecule has 0 spiro atoms. The molecule has 0 aliphatic carbocycles. The lowest BCUT2D eigenvalue weighted by Gasteiger charge is -2.15. The molecule has 0 aliphatic rings. The first-order chi connectivity index (χ1) is 21.3. The van der Waals surface area contributed by atoms with Gasteiger partial charge in [0.25, 0.3) is 11.8 Å². The van der Waals surface area contributed by atoms with Gasteiger partial charge in [0.05, 0.1) is 27.1 Å². The molecule has 44 heavy (non-hydrogen) atoms. The number of nitrogens with one attached hydrogen (secondary N) is 3. The van der Waals surface area contributed by atoms with E-state index in [4.69, 9.17) is 14.2 Å². The number of rotatable bonds is 12. The van der Waals surface area contributed by atoms with Crippen LogP contribution in [0.5, 0.6) is 17.2 Å². The number of anilines is 2. The number of hydrogen-bond donors (Lipinski definition) is 3. The van der Waals surface area contributed by atoms with Gasteiger partial charge in [-0.2, -0.15) is 0 Å². The topological polar surface area (TPSA) is 115 Å². The first kappa shape index (κ1) is 31.6. The molecule has 0 unspecified atom stereocenters. The van der Waals surface area contributed by atoms with E-state index in [0.29, 0.717) is 39.8 Å². The van der Waals surface area contributed by atoms with Crippen LogP contribution in [0.4, 0.5) is 15.8 Å². The van der Waals surface area contributed by atoms with Gasteiger partial charge in [-0.05, 0) is 66.7 Å². The zero-order valence-electron chi connectivity index (χ0n) is 24.2. The molecule has 4 aromatic carbocycles. The Morgan fingerprint density at radius 1 is 0.750 bits per heavy atom. The van der Waals surface area contributed by atoms with E-state index < -0.39 is 17.6 Å². The molecule has 0 atom stereocenters. The Bertz CT molecular complexity index is 1660. The molecule has 0 aliphatic heterocycles. The lowest BCUT2D eigenvalue weighted by atomic mass is 10.1. The van der Waals surface area contributed by atoms with Crippen molar-refractivity contribution in [2.24, 2.45) is 0 Å². The minimum absolute atomic E-state index is 0.0545. The summed E-state index contributed by atoms with van der Waals surface area (Å²) in [5, 5.41) is 8.22. The smallest absolute Gasteiger partial charge is 0.272 e. The van der Waals surface area contributed by atoms with Crippen molar-refractivity contribution in [1.82, 2.24) is 5.32 Å². The van der Waals surface area contributed by atoms with E-state index in [1.807, 2.05) is 0 Å². The van der Waals surface area contributed by atoms with Crippen LogP contribution in [0.2, 0.25) is 0 Å². The Morgan fingerprint density at radius 2 is 1.43 bits per heavy atom. The highest BCUT2D eigenvalue weighted by molar-refractivity contribution is 8.00. The molecule has 0 radical (unpaired) electrons. The van der Waals surface area contributed by atoms with Gasteiger partial charge in [0, 0.05) is 33.5 Å². The van der Waals surface area contributed by atoms with Gasteiger partial charge in [-0.3, -0.25) is 14.4 Å². The molecule has 4 aromatic rings. The van der Waals surface area contributed by atoms with Gasteiger partial charge in [0.15, 0.2) is 11.5 Å². The Kier molecular flexibility index (Phi) is 11.0. The van der Waals surface area contributed by atoms with Gasteiger partial charge in [0.2, 0.25) is 5.91 Å².